The summed E-state index contributed by atoms with van der Waals surface area (Å²) >= 11 is 0. The SMILES string of the molecule is COCCNC(=O)C[C@H]1CC[C@@H]2[C@H](COC[C@H](O)CN2S(=O)(=O)c2ccccc2C)O1. The number of β-amino-alcohol motifs (C(OH)–C–C–N with tert-alkyl or cyclic N) is 1. The van der Waals surface area contributed by atoms with Crippen LogP contribution in [0.4, 0.5) is 0 Å². The Balaban J connectivity index is 1.76. The number of sulfonamides is 1. The molecule has 10 heteroatoms. The Morgan fingerprint density at radius 2 is 2.06 bits per heavy atom. The van der Waals surface area contributed by atoms with Crippen molar-refractivity contribution in [3.05, 3.63) is 29.8 Å². The Kier molecular flexibility index (Phi) is 8.43. The maximum atomic E-state index is 13.5. The normalized spacial score (nSPS) is 27.7. The zero-order chi connectivity index (χ0) is 22.4. The minimum absolute atomic E-state index is 0.0224. The zero-order valence-corrected chi connectivity index (χ0v) is 18.8. The highest BCUT2D eigenvalue weighted by molar-refractivity contribution is 7.89. The van der Waals surface area contributed by atoms with E-state index < -0.39 is 28.3 Å². The molecule has 1 aromatic rings. The molecule has 2 aliphatic rings. The van der Waals surface area contributed by atoms with Crippen LogP contribution in [0.15, 0.2) is 29.2 Å². The van der Waals surface area contributed by atoms with Crippen molar-refractivity contribution in [3.8, 4) is 0 Å². The molecule has 1 aromatic carbocycles. The lowest BCUT2D eigenvalue weighted by atomic mass is 9.96. The van der Waals surface area contributed by atoms with E-state index in [0.717, 1.165) is 0 Å². The van der Waals surface area contributed by atoms with Crippen molar-refractivity contribution in [2.24, 2.45) is 0 Å². The van der Waals surface area contributed by atoms with Crippen molar-refractivity contribution in [2.45, 2.75) is 55.4 Å². The molecule has 2 fully saturated rings. The lowest BCUT2D eigenvalue weighted by molar-refractivity contribution is -0.146. The van der Waals surface area contributed by atoms with Gasteiger partial charge in [0.25, 0.3) is 0 Å². The molecule has 0 unspecified atom stereocenters. The highest BCUT2D eigenvalue weighted by Crippen LogP contribution is 2.32. The van der Waals surface area contributed by atoms with Crippen LogP contribution in [0.5, 0.6) is 0 Å². The highest BCUT2D eigenvalue weighted by atomic mass is 32.2. The van der Waals surface area contributed by atoms with Crippen LogP contribution in [-0.2, 0) is 29.0 Å². The lowest BCUT2D eigenvalue weighted by Crippen LogP contribution is -2.57. The van der Waals surface area contributed by atoms with Crippen LogP contribution in [0.1, 0.15) is 24.8 Å². The van der Waals surface area contributed by atoms with Crippen LogP contribution in [0, 0.1) is 6.92 Å². The number of carbonyl (C=O) groups excluding carboxylic acids is 1. The standard InChI is InChI=1S/C21H32N2O7S/c1-15-5-3-4-6-20(15)31(26,27)23-12-16(24)13-29-14-19-18(23)8-7-17(30-19)11-21(25)22-9-10-28-2/h3-6,16-19,24H,7-14H2,1-2H3,(H,22,25)/t16-,17-,18-,19+/m1/s1. The van der Waals surface area contributed by atoms with Crippen LogP contribution in [0.3, 0.4) is 0 Å². The Labute approximate surface area is 183 Å². The number of nitrogens with zero attached hydrogens (tertiary/aromatic N) is 1. The first kappa shape index (κ1) is 24.1. The molecule has 2 N–H and O–H groups in total. The molecule has 0 aliphatic carbocycles. The van der Waals surface area contributed by atoms with E-state index in [9.17, 15) is 18.3 Å². The van der Waals surface area contributed by atoms with E-state index >= 15 is 0 Å². The van der Waals surface area contributed by atoms with Gasteiger partial charge in [0.1, 0.15) is 0 Å². The molecule has 3 rings (SSSR count). The van der Waals surface area contributed by atoms with Gasteiger partial charge in [-0.25, -0.2) is 8.42 Å². The third-order valence-electron chi connectivity index (χ3n) is 5.66. The molecule has 0 spiro atoms. The molecule has 1 amide bonds. The van der Waals surface area contributed by atoms with Gasteiger partial charge in [-0.05, 0) is 31.4 Å². The summed E-state index contributed by atoms with van der Waals surface area (Å²) in [5.74, 6) is -0.132. The summed E-state index contributed by atoms with van der Waals surface area (Å²) < 4.78 is 45.0. The average Bonchev–Trinajstić information content (AvgIpc) is 2.71. The second-order valence-electron chi connectivity index (χ2n) is 8.02. The maximum Gasteiger partial charge on any atom is 0.243 e. The number of ether oxygens (including phenoxy) is 3. The van der Waals surface area contributed by atoms with E-state index in [0.29, 0.717) is 31.6 Å². The summed E-state index contributed by atoms with van der Waals surface area (Å²) in [6.07, 6.45) is -0.517. The fourth-order valence-corrected chi connectivity index (χ4v) is 6.06. The van der Waals surface area contributed by atoms with Gasteiger partial charge in [-0.2, -0.15) is 4.31 Å². The zero-order valence-electron chi connectivity index (χ0n) is 18.0. The van der Waals surface area contributed by atoms with Gasteiger partial charge in [0.2, 0.25) is 15.9 Å². The topological polar surface area (TPSA) is 114 Å². The van der Waals surface area contributed by atoms with Gasteiger partial charge >= 0.3 is 0 Å². The van der Waals surface area contributed by atoms with E-state index in [1.54, 1.807) is 38.3 Å². The van der Waals surface area contributed by atoms with Crippen molar-refractivity contribution in [1.29, 1.82) is 0 Å². The number of carbonyl (C=O) groups is 1. The fourth-order valence-electron chi connectivity index (χ4n) is 4.11. The first-order valence-corrected chi connectivity index (χ1v) is 12.0. The Hall–Kier alpha value is -1.56. The summed E-state index contributed by atoms with van der Waals surface area (Å²) in [7, 11) is -2.28. The predicted octanol–water partition coefficient (Wildman–Crippen LogP) is 0.446. The molecule has 9 nitrogen and oxygen atoms in total. The quantitative estimate of drug-likeness (QED) is 0.573. The molecular weight excluding hydrogens is 424 g/mol. The van der Waals surface area contributed by atoms with Crippen molar-refractivity contribution < 1.29 is 32.5 Å². The number of aryl methyl sites for hydroxylation is 1. The number of rotatable bonds is 7. The molecule has 2 aliphatic heterocycles. The number of hydrogen-bond acceptors (Lipinski definition) is 7. The molecule has 0 radical (unpaired) electrons. The van der Waals surface area contributed by atoms with E-state index in [2.05, 4.69) is 5.32 Å². The van der Waals surface area contributed by atoms with E-state index in [1.807, 2.05) is 0 Å². The van der Waals surface area contributed by atoms with Crippen molar-refractivity contribution >= 4 is 15.9 Å². The molecule has 174 valence electrons. The molecule has 0 aromatic heterocycles. The molecular formula is C21H32N2O7S. The summed E-state index contributed by atoms with van der Waals surface area (Å²) in [5.41, 5.74) is 0.647. The monoisotopic (exact) mass is 456 g/mol. The molecule has 31 heavy (non-hydrogen) atoms. The Bertz CT molecular complexity index is 848. The van der Waals surface area contributed by atoms with Crippen molar-refractivity contribution in [3.63, 3.8) is 0 Å². The van der Waals surface area contributed by atoms with Gasteiger partial charge in [0.05, 0.1) is 55.5 Å². The number of aliphatic hydroxyl groups is 1. The van der Waals surface area contributed by atoms with Gasteiger partial charge < -0.3 is 24.6 Å². The van der Waals surface area contributed by atoms with Gasteiger partial charge in [-0.15, -0.1) is 0 Å². The lowest BCUT2D eigenvalue weighted by Gasteiger charge is -2.43. The average molecular weight is 457 g/mol. The van der Waals surface area contributed by atoms with Gasteiger partial charge in [-0.3, -0.25) is 4.79 Å². The van der Waals surface area contributed by atoms with Crippen molar-refractivity contribution in [2.75, 3.05) is 40.0 Å². The molecule has 0 saturated carbocycles. The Morgan fingerprint density at radius 3 is 2.81 bits per heavy atom. The largest absolute Gasteiger partial charge is 0.389 e. The fraction of sp³-hybridized carbons (Fsp3) is 0.667. The van der Waals surface area contributed by atoms with Gasteiger partial charge in [0, 0.05) is 20.2 Å². The van der Waals surface area contributed by atoms with Gasteiger partial charge in [-0.1, -0.05) is 18.2 Å². The molecule has 0 bridgehead atoms. The summed E-state index contributed by atoms with van der Waals surface area (Å²) in [5, 5.41) is 13.1. The maximum absolute atomic E-state index is 13.5. The second kappa shape index (κ2) is 10.8. The number of hydrogen-bond donors (Lipinski definition) is 2. The van der Waals surface area contributed by atoms with Crippen LogP contribution in [-0.4, -0.2) is 88.1 Å². The minimum Gasteiger partial charge on any atom is -0.389 e. The number of benzene rings is 1. The Morgan fingerprint density at radius 1 is 1.29 bits per heavy atom. The number of aliphatic hydroxyl groups excluding tert-OH is 1. The number of methoxy groups -OCH3 is 1. The van der Waals surface area contributed by atoms with Crippen LogP contribution >= 0.6 is 0 Å². The third kappa shape index (κ3) is 6.03. The first-order chi connectivity index (χ1) is 14.8. The third-order valence-corrected chi connectivity index (χ3v) is 7.71. The minimum atomic E-state index is -3.85. The predicted molar refractivity (Wildman–Crippen MR) is 113 cm³/mol. The smallest absolute Gasteiger partial charge is 0.243 e. The van der Waals surface area contributed by atoms with E-state index in [4.69, 9.17) is 14.2 Å². The van der Waals surface area contributed by atoms with Crippen LogP contribution in [0.25, 0.3) is 0 Å². The van der Waals surface area contributed by atoms with Crippen molar-refractivity contribution in [1.82, 2.24) is 9.62 Å². The second-order valence-corrected chi connectivity index (χ2v) is 9.88. The molecule has 2 heterocycles. The summed E-state index contributed by atoms with van der Waals surface area (Å²) in [6.45, 7) is 2.73. The van der Waals surface area contributed by atoms with Crippen LogP contribution in [0.2, 0.25) is 0 Å². The number of fused-ring (bicyclic) bond motifs is 1. The van der Waals surface area contributed by atoms with Crippen LogP contribution < -0.4 is 5.32 Å². The molecule has 4 atom stereocenters. The summed E-state index contributed by atoms with van der Waals surface area (Å²) in [4.78, 5) is 12.4. The number of nitrogens with one attached hydrogen (secondary N) is 1. The summed E-state index contributed by atoms with van der Waals surface area (Å²) in [6, 6.07) is 6.34. The first-order valence-electron chi connectivity index (χ1n) is 10.6. The van der Waals surface area contributed by atoms with E-state index in [1.165, 1.54) is 4.31 Å². The molecule has 2 saturated heterocycles. The van der Waals surface area contributed by atoms with Gasteiger partial charge in [0.15, 0.2) is 0 Å². The highest BCUT2D eigenvalue weighted by Gasteiger charge is 2.43. The number of amides is 1. The van der Waals surface area contributed by atoms with E-state index in [-0.39, 0.29) is 43.1 Å².